The van der Waals surface area contributed by atoms with Crippen LogP contribution in [-0.2, 0) is 24.8 Å². The largest absolute Gasteiger partial charge is 0.481 e. The number of benzene rings is 2. The number of hydrogen-bond acceptors (Lipinski definition) is 5. The molecule has 0 spiro atoms. The normalized spacial score (nSPS) is 10.7. The van der Waals surface area contributed by atoms with E-state index in [1.165, 1.54) is 41.9 Å². The Hall–Kier alpha value is -3.35. The number of hydrogen-bond donors (Lipinski definition) is 1. The lowest BCUT2D eigenvalue weighted by atomic mass is 10.1. The molecule has 1 N–H and O–H groups in total. The second-order valence-electron chi connectivity index (χ2n) is 6.54. The number of aryl methyl sites for hydroxylation is 1. The summed E-state index contributed by atoms with van der Waals surface area (Å²) >= 11 is 12.1. The Morgan fingerprint density at radius 3 is 2.74 bits per heavy atom. The van der Waals surface area contributed by atoms with Crippen molar-refractivity contribution in [3.05, 3.63) is 73.6 Å². The molecule has 3 rings (SSSR count). The van der Waals surface area contributed by atoms with E-state index in [0.717, 1.165) is 4.68 Å². The Balaban J connectivity index is 1.92. The number of halogens is 3. The molecule has 3 aromatic rings. The number of ether oxygens (including phenoxy) is 1. The van der Waals surface area contributed by atoms with Gasteiger partial charge in [-0.05, 0) is 29.8 Å². The predicted molar refractivity (Wildman–Crippen MR) is 110 cm³/mol. The molecule has 0 aliphatic rings. The molecule has 0 saturated heterocycles. The molecule has 2 aromatic carbocycles. The van der Waals surface area contributed by atoms with E-state index in [1.807, 2.05) is 6.07 Å². The van der Waals surface area contributed by atoms with E-state index in [9.17, 15) is 9.59 Å². The highest BCUT2D eigenvalue weighted by atomic mass is 35.5. The summed E-state index contributed by atoms with van der Waals surface area (Å²) in [6, 6.07) is 9.04. The minimum Gasteiger partial charge on any atom is -0.481 e. The van der Waals surface area contributed by atoms with Gasteiger partial charge < -0.3 is 9.84 Å². The van der Waals surface area contributed by atoms with Gasteiger partial charge >= 0.3 is 11.7 Å². The van der Waals surface area contributed by atoms with Gasteiger partial charge in [0.2, 0.25) is 0 Å². The highest BCUT2D eigenvalue weighted by Gasteiger charge is 2.19. The zero-order chi connectivity index (χ0) is 22.7. The summed E-state index contributed by atoms with van der Waals surface area (Å²) in [7, 11) is 1.46. The zero-order valence-electron chi connectivity index (χ0n) is 16.1. The first-order valence-corrected chi connectivity index (χ1v) is 9.65. The van der Waals surface area contributed by atoms with Crippen LogP contribution in [0.1, 0.15) is 23.4 Å². The van der Waals surface area contributed by atoms with Crippen molar-refractivity contribution in [1.29, 1.82) is 5.26 Å². The number of aromatic nitrogens is 3. The van der Waals surface area contributed by atoms with Gasteiger partial charge in [0.1, 0.15) is 11.6 Å². The average molecular weight is 465 g/mol. The van der Waals surface area contributed by atoms with E-state index in [2.05, 4.69) is 5.10 Å². The molecular weight excluding hydrogens is 450 g/mol. The minimum atomic E-state index is -1.06. The van der Waals surface area contributed by atoms with Crippen molar-refractivity contribution < 1.29 is 19.0 Å². The third-order valence-electron chi connectivity index (χ3n) is 4.37. The summed E-state index contributed by atoms with van der Waals surface area (Å²) in [5, 5.41) is 22.2. The van der Waals surface area contributed by atoms with E-state index in [4.69, 9.17) is 38.3 Å². The average Bonchev–Trinajstić information content (AvgIpc) is 2.99. The first-order valence-electron chi connectivity index (χ1n) is 8.89. The molecular formula is C20H15Cl2FN4O4. The molecule has 0 aliphatic carbocycles. The third-order valence-corrected chi connectivity index (χ3v) is 4.88. The lowest BCUT2D eigenvalue weighted by molar-refractivity contribution is -0.137. The van der Waals surface area contributed by atoms with Gasteiger partial charge in [-0.3, -0.25) is 9.36 Å². The molecule has 0 unspecified atom stereocenters. The lowest BCUT2D eigenvalue weighted by Crippen LogP contribution is -2.24. The van der Waals surface area contributed by atoms with Crippen LogP contribution in [0.2, 0.25) is 10.0 Å². The monoisotopic (exact) mass is 464 g/mol. The van der Waals surface area contributed by atoms with E-state index < -0.39 is 17.5 Å². The molecule has 8 nitrogen and oxygen atoms in total. The molecule has 0 aliphatic heterocycles. The van der Waals surface area contributed by atoms with Gasteiger partial charge in [-0.25, -0.2) is 13.9 Å². The van der Waals surface area contributed by atoms with Crippen LogP contribution in [0.15, 0.2) is 35.1 Å². The standard InChI is InChI=1S/C20H15Cl2FN4O4/c1-26-16(25-27(20(26)30)5-4-17(28)29)8-12-2-3-15(22)19(18(12)23)31-14-7-11(10-24)6-13(21)9-14/h2-3,6-7,9H,4-5,8H2,1H3,(H,28,29). The van der Waals surface area contributed by atoms with Gasteiger partial charge in [0.15, 0.2) is 11.6 Å². The minimum absolute atomic E-state index is 0.000564. The van der Waals surface area contributed by atoms with Gasteiger partial charge in [0.25, 0.3) is 0 Å². The van der Waals surface area contributed by atoms with Crippen LogP contribution in [0.5, 0.6) is 11.5 Å². The van der Waals surface area contributed by atoms with Crippen LogP contribution < -0.4 is 10.4 Å². The topological polar surface area (TPSA) is 110 Å². The summed E-state index contributed by atoms with van der Waals surface area (Å²) in [6.45, 7) is -0.102. The fourth-order valence-corrected chi connectivity index (χ4v) is 3.22. The number of nitrogens with zero attached hydrogens (tertiary/aromatic N) is 4. The molecule has 0 amide bonds. The Kier molecular flexibility index (Phi) is 6.63. The van der Waals surface area contributed by atoms with Gasteiger partial charge in [0, 0.05) is 18.5 Å². The molecule has 1 aromatic heterocycles. The Morgan fingerprint density at radius 1 is 1.32 bits per heavy atom. The first-order chi connectivity index (χ1) is 14.7. The van der Waals surface area contributed by atoms with Crippen molar-refractivity contribution in [2.75, 3.05) is 0 Å². The maximum absolute atomic E-state index is 15.2. The molecule has 1 heterocycles. The summed E-state index contributed by atoms with van der Waals surface area (Å²) < 4.78 is 23.0. The van der Waals surface area contributed by atoms with Crippen LogP contribution in [-0.4, -0.2) is 25.4 Å². The SMILES string of the molecule is Cn1c(Cc2ccc(Cl)c(Oc3cc(Cl)cc(C#N)c3)c2F)nn(CCC(=O)O)c1=O. The maximum Gasteiger partial charge on any atom is 0.345 e. The van der Waals surface area contributed by atoms with E-state index in [1.54, 1.807) is 0 Å². The van der Waals surface area contributed by atoms with E-state index in [0.29, 0.717) is 0 Å². The fraction of sp³-hybridized carbons (Fsp3) is 0.200. The van der Waals surface area contributed by atoms with Crippen LogP contribution in [0, 0.1) is 17.1 Å². The van der Waals surface area contributed by atoms with Crippen molar-refractivity contribution in [3.63, 3.8) is 0 Å². The van der Waals surface area contributed by atoms with Crippen molar-refractivity contribution >= 4 is 29.2 Å². The highest BCUT2D eigenvalue weighted by molar-refractivity contribution is 6.32. The van der Waals surface area contributed by atoms with Crippen molar-refractivity contribution in [2.24, 2.45) is 7.05 Å². The zero-order valence-corrected chi connectivity index (χ0v) is 17.6. The molecule has 0 radical (unpaired) electrons. The second kappa shape index (κ2) is 9.20. The Morgan fingerprint density at radius 2 is 2.06 bits per heavy atom. The first kappa shape index (κ1) is 22.3. The number of carboxylic acid groups (broad SMARTS) is 1. The molecule has 160 valence electrons. The number of aliphatic carboxylic acids is 1. The quantitative estimate of drug-likeness (QED) is 0.569. The molecule has 0 bridgehead atoms. The third kappa shape index (κ3) is 5.05. The van der Waals surface area contributed by atoms with Crippen LogP contribution in [0.25, 0.3) is 0 Å². The van der Waals surface area contributed by atoms with Gasteiger partial charge in [-0.1, -0.05) is 29.3 Å². The van der Waals surface area contributed by atoms with Crippen molar-refractivity contribution in [2.45, 2.75) is 19.4 Å². The number of carbonyl (C=O) groups is 1. The highest BCUT2D eigenvalue weighted by Crippen LogP contribution is 2.35. The summed E-state index contributed by atoms with van der Waals surface area (Å²) in [6.07, 6.45) is -0.335. The Bertz CT molecular complexity index is 1260. The van der Waals surface area contributed by atoms with Crippen LogP contribution in [0.4, 0.5) is 4.39 Å². The predicted octanol–water partition coefficient (Wildman–Crippen LogP) is 3.76. The van der Waals surface area contributed by atoms with Crippen LogP contribution in [0.3, 0.4) is 0 Å². The van der Waals surface area contributed by atoms with Crippen molar-refractivity contribution in [3.8, 4) is 17.6 Å². The number of rotatable bonds is 7. The van der Waals surface area contributed by atoms with E-state index >= 15 is 4.39 Å². The summed E-state index contributed by atoms with van der Waals surface area (Å²) in [5.41, 5.74) is -0.123. The second-order valence-corrected chi connectivity index (χ2v) is 7.38. The molecule has 0 fully saturated rings. The maximum atomic E-state index is 15.2. The van der Waals surface area contributed by atoms with Crippen molar-refractivity contribution in [1.82, 2.24) is 14.3 Å². The summed E-state index contributed by atoms with van der Waals surface area (Å²) in [4.78, 5) is 23.0. The molecule has 0 saturated carbocycles. The van der Waals surface area contributed by atoms with E-state index in [-0.39, 0.29) is 57.9 Å². The van der Waals surface area contributed by atoms with Gasteiger partial charge in [-0.2, -0.15) is 10.4 Å². The smallest absolute Gasteiger partial charge is 0.345 e. The lowest BCUT2D eigenvalue weighted by Gasteiger charge is -2.12. The van der Waals surface area contributed by atoms with Gasteiger partial charge in [0.05, 0.1) is 29.6 Å². The molecule has 11 heteroatoms. The fourth-order valence-electron chi connectivity index (χ4n) is 2.81. The Labute approximate surface area is 185 Å². The molecule has 0 atom stereocenters. The number of nitriles is 1. The number of carboxylic acids is 1. The van der Waals surface area contributed by atoms with Gasteiger partial charge in [-0.15, -0.1) is 0 Å². The summed E-state index contributed by atoms with van der Waals surface area (Å²) in [5.74, 6) is -1.73. The van der Waals surface area contributed by atoms with Crippen LogP contribution >= 0.6 is 23.2 Å². The molecule has 31 heavy (non-hydrogen) atoms.